The molecular formula is C15H19FN2O. The molecule has 0 aromatic carbocycles. The molecule has 4 heteroatoms. The summed E-state index contributed by atoms with van der Waals surface area (Å²) in [7, 11) is 1.83. The van der Waals surface area contributed by atoms with Gasteiger partial charge in [0.15, 0.2) is 0 Å². The Labute approximate surface area is 112 Å². The summed E-state index contributed by atoms with van der Waals surface area (Å²) in [6.07, 6.45) is 6.64. The fraction of sp³-hybridized carbons (Fsp3) is 0.600. The minimum Gasteiger partial charge on any atom is -0.341 e. The van der Waals surface area contributed by atoms with Gasteiger partial charge < -0.3 is 4.90 Å². The van der Waals surface area contributed by atoms with Crippen molar-refractivity contribution in [2.24, 2.45) is 17.8 Å². The van der Waals surface area contributed by atoms with E-state index in [9.17, 15) is 9.18 Å². The van der Waals surface area contributed by atoms with Crippen molar-refractivity contribution in [3.8, 4) is 0 Å². The predicted octanol–water partition coefficient (Wildman–Crippen LogP) is 2.73. The molecule has 0 saturated heterocycles. The third-order valence-corrected chi connectivity index (χ3v) is 4.71. The smallest absolute Gasteiger partial charge is 0.255 e. The average molecular weight is 262 g/mol. The highest BCUT2D eigenvalue weighted by atomic mass is 19.1. The van der Waals surface area contributed by atoms with Crippen LogP contribution in [0.5, 0.6) is 0 Å². The number of carbonyl (C=O) groups excluding carboxylic acids is 1. The zero-order chi connectivity index (χ0) is 13.4. The molecule has 19 heavy (non-hydrogen) atoms. The highest BCUT2D eigenvalue weighted by molar-refractivity contribution is 5.93. The summed E-state index contributed by atoms with van der Waals surface area (Å²) in [6.45, 7) is 0.817. The normalized spacial score (nSPS) is 28.6. The van der Waals surface area contributed by atoms with Crippen LogP contribution in [0, 0.1) is 23.7 Å². The van der Waals surface area contributed by atoms with Crippen LogP contribution in [0.3, 0.4) is 0 Å². The van der Waals surface area contributed by atoms with Crippen LogP contribution in [0.2, 0.25) is 0 Å². The molecule has 0 N–H and O–H groups in total. The van der Waals surface area contributed by atoms with E-state index < -0.39 is 5.95 Å². The number of aromatic nitrogens is 1. The van der Waals surface area contributed by atoms with E-state index in [0.29, 0.717) is 11.5 Å². The summed E-state index contributed by atoms with van der Waals surface area (Å²) in [6, 6.07) is 2.74. The van der Waals surface area contributed by atoms with Crippen LogP contribution in [0.4, 0.5) is 4.39 Å². The van der Waals surface area contributed by atoms with E-state index >= 15 is 0 Å². The molecule has 2 aliphatic rings. The van der Waals surface area contributed by atoms with Gasteiger partial charge in [-0.25, -0.2) is 4.98 Å². The summed E-state index contributed by atoms with van der Waals surface area (Å²) in [5.74, 6) is 1.75. The summed E-state index contributed by atoms with van der Waals surface area (Å²) in [5, 5.41) is 0. The maximum atomic E-state index is 12.7. The van der Waals surface area contributed by atoms with E-state index in [1.54, 1.807) is 4.90 Å². The monoisotopic (exact) mass is 262 g/mol. The van der Waals surface area contributed by atoms with Gasteiger partial charge in [0.2, 0.25) is 5.95 Å². The van der Waals surface area contributed by atoms with Crippen LogP contribution in [0.15, 0.2) is 18.3 Å². The number of halogens is 1. The lowest BCUT2D eigenvalue weighted by atomic mass is 9.88. The van der Waals surface area contributed by atoms with E-state index in [1.807, 2.05) is 7.05 Å². The molecule has 2 bridgehead atoms. The molecule has 102 valence electrons. The van der Waals surface area contributed by atoms with Gasteiger partial charge in [0.25, 0.3) is 5.91 Å². The van der Waals surface area contributed by atoms with Crippen molar-refractivity contribution in [1.29, 1.82) is 0 Å². The van der Waals surface area contributed by atoms with Gasteiger partial charge in [-0.05, 0) is 49.1 Å². The standard InChI is InChI=1S/C15H19FN2O/c1-18(9-13-7-10-2-3-11(13)6-10)15(19)12-4-5-14(16)17-8-12/h4-5,8,10-11,13H,2-3,6-7,9H2,1H3. The largest absolute Gasteiger partial charge is 0.341 e. The van der Waals surface area contributed by atoms with Gasteiger partial charge in [0, 0.05) is 19.8 Å². The van der Waals surface area contributed by atoms with Crippen LogP contribution in [-0.4, -0.2) is 29.4 Å². The van der Waals surface area contributed by atoms with Crippen molar-refractivity contribution in [1.82, 2.24) is 9.88 Å². The average Bonchev–Trinajstić information content (AvgIpc) is 3.01. The SMILES string of the molecule is CN(CC1CC2CCC1C2)C(=O)c1ccc(F)nc1. The van der Waals surface area contributed by atoms with Gasteiger partial charge >= 0.3 is 0 Å². The molecule has 3 rings (SSSR count). The second-order valence-electron chi connectivity index (χ2n) is 5.99. The molecular weight excluding hydrogens is 243 g/mol. The van der Waals surface area contributed by atoms with Gasteiger partial charge in [0.1, 0.15) is 0 Å². The van der Waals surface area contributed by atoms with Crippen molar-refractivity contribution >= 4 is 5.91 Å². The third-order valence-electron chi connectivity index (χ3n) is 4.71. The molecule has 3 nitrogen and oxygen atoms in total. The number of nitrogens with zero attached hydrogens (tertiary/aromatic N) is 2. The Bertz CT molecular complexity index is 474. The third kappa shape index (κ3) is 2.48. The summed E-state index contributed by atoms with van der Waals surface area (Å²) in [4.78, 5) is 17.5. The van der Waals surface area contributed by atoms with Crippen LogP contribution in [-0.2, 0) is 0 Å². The molecule has 1 aromatic heterocycles. The Morgan fingerprint density at radius 1 is 1.42 bits per heavy atom. The summed E-state index contributed by atoms with van der Waals surface area (Å²) >= 11 is 0. The minimum atomic E-state index is -0.549. The molecule has 1 aromatic rings. The Morgan fingerprint density at radius 2 is 2.26 bits per heavy atom. The number of rotatable bonds is 3. The zero-order valence-electron chi connectivity index (χ0n) is 11.2. The highest BCUT2D eigenvalue weighted by Gasteiger charge is 2.40. The first-order valence-corrected chi connectivity index (χ1v) is 7.00. The van der Waals surface area contributed by atoms with E-state index in [2.05, 4.69) is 4.98 Å². The number of amides is 1. The van der Waals surface area contributed by atoms with E-state index in [1.165, 1.54) is 44.0 Å². The second-order valence-corrected chi connectivity index (χ2v) is 5.99. The Kier molecular flexibility index (Phi) is 3.25. The second kappa shape index (κ2) is 4.91. The first-order valence-electron chi connectivity index (χ1n) is 7.00. The van der Waals surface area contributed by atoms with Gasteiger partial charge in [-0.2, -0.15) is 4.39 Å². The fourth-order valence-electron chi connectivity index (χ4n) is 3.76. The van der Waals surface area contributed by atoms with Crippen molar-refractivity contribution in [2.45, 2.75) is 25.7 Å². The molecule has 0 aliphatic heterocycles. The topological polar surface area (TPSA) is 33.2 Å². The maximum absolute atomic E-state index is 12.7. The molecule has 1 amide bonds. The molecule has 0 spiro atoms. The fourth-order valence-corrected chi connectivity index (χ4v) is 3.76. The minimum absolute atomic E-state index is 0.0599. The Balaban J connectivity index is 1.62. The van der Waals surface area contributed by atoms with E-state index in [0.717, 1.165) is 18.4 Å². The maximum Gasteiger partial charge on any atom is 0.255 e. The van der Waals surface area contributed by atoms with Crippen molar-refractivity contribution in [3.05, 3.63) is 29.8 Å². The number of hydrogen-bond acceptors (Lipinski definition) is 2. The van der Waals surface area contributed by atoms with E-state index in [-0.39, 0.29) is 5.91 Å². The number of pyridine rings is 1. The van der Waals surface area contributed by atoms with Gasteiger partial charge in [-0.3, -0.25) is 4.79 Å². The predicted molar refractivity (Wildman–Crippen MR) is 70.1 cm³/mol. The zero-order valence-corrected chi connectivity index (χ0v) is 11.2. The molecule has 3 atom stereocenters. The van der Waals surface area contributed by atoms with Crippen molar-refractivity contribution in [3.63, 3.8) is 0 Å². The molecule has 1 heterocycles. The van der Waals surface area contributed by atoms with E-state index in [4.69, 9.17) is 0 Å². The lowest BCUT2D eigenvalue weighted by Crippen LogP contribution is -2.33. The van der Waals surface area contributed by atoms with Crippen molar-refractivity contribution in [2.75, 3.05) is 13.6 Å². The number of hydrogen-bond donors (Lipinski definition) is 0. The molecule has 2 fully saturated rings. The van der Waals surface area contributed by atoms with Crippen molar-refractivity contribution < 1.29 is 9.18 Å². The number of fused-ring (bicyclic) bond motifs is 2. The van der Waals surface area contributed by atoms with Crippen LogP contribution < -0.4 is 0 Å². The molecule has 2 aliphatic carbocycles. The van der Waals surface area contributed by atoms with Crippen LogP contribution in [0.1, 0.15) is 36.0 Å². The Hall–Kier alpha value is -1.45. The van der Waals surface area contributed by atoms with Gasteiger partial charge in [-0.1, -0.05) is 6.42 Å². The Morgan fingerprint density at radius 3 is 2.84 bits per heavy atom. The first kappa shape index (κ1) is 12.6. The quantitative estimate of drug-likeness (QED) is 0.785. The van der Waals surface area contributed by atoms with Gasteiger partial charge in [-0.15, -0.1) is 0 Å². The summed E-state index contributed by atoms with van der Waals surface area (Å²) in [5.41, 5.74) is 0.465. The first-order chi connectivity index (χ1) is 9.13. The highest BCUT2D eigenvalue weighted by Crippen LogP contribution is 2.48. The van der Waals surface area contributed by atoms with Crippen LogP contribution in [0.25, 0.3) is 0 Å². The van der Waals surface area contributed by atoms with Gasteiger partial charge in [0.05, 0.1) is 5.56 Å². The molecule has 0 radical (unpaired) electrons. The van der Waals surface area contributed by atoms with Crippen LogP contribution >= 0.6 is 0 Å². The lowest BCUT2D eigenvalue weighted by molar-refractivity contribution is 0.0753. The summed E-state index contributed by atoms with van der Waals surface area (Å²) < 4.78 is 12.7. The molecule has 2 saturated carbocycles. The number of carbonyl (C=O) groups is 1. The molecule has 3 unspecified atom stereocenters. The lowest BCUT2D eigenvalue weighted by Gasteiger charge is -2.27.